The maximum Gasteiger partial charge on any atom is 0.144 e. The number of aromatic nitrogens is 4. The highest BCUT2D eigenvalue weighted by Gasteiger charge is 2.27. The number of pyridine rings is 2. The Morgan fingerprint density at radius 3 is 1.96 bits per heavy atom. The molecule has 0 aliphatic heterocycles. The van der Waals surface area contributed by atoms with Crippen LogP contribution in [0.25, 0.3) is 67.1 Å². The Kier molecular flexibility index (Phi) is 8.18. The summed E-state index contributed by atoms with van der Waals surface area (Å²) >= 11 is 0. The molecule has 0 aliphatic rings. The van der Waals surface area contributed by atoms with Gasteiger partial charge in [-0.1, -0.05) is 120 Å². The van der Waals surface area contributed by atoms with Gasteiger partial charge in [-0.25, -0.2) is 4.98 Å². The van der Waals surface area contributed by atoms with Crippen LogP contribution in [0.4, 0.5) is 0 Å². The lowest BCUT2D eigenvalue weighted by atomic mass is 9.79. The third-order valence-electron chi connectivity index (χ3n) is 9.70. The molecule has 0 fully saturated rings. The highest BCUT2D eigenvalue weighted by molar-refractivity contribution is 5.94. The van der Waals surface area contributed by atoms with Gasteiger partial charge in [0, 0.05) is 36.1 Å². The van der Waals surface area contributed by atoms with E-state index in [0.717, 1.165) is 66.8 Å². The first-order valence-electron chi connectivity index (χ1n) is 17.2. The molecule has 0 unspecified atom stereocenters. The number of hydrogen-bond acceptors (Lipinski definition) is 4. The van der Waals surface area contributed by atoms with Crippen LogP contribution in [0.2, 0.25) is 0 Å². The zero-order valence-corrected chi connectivity index (χ0v) is 30.2. The van der Waals surface area contributed by atoms with E-state index in [1.165, 1.54) is 11.1 Å². The van der Waals surface area contributed by atoms with Gasteiger partial charge in [-0.05, 0) is 74.9 Å². The van der Waals surface area contributed by atoms with Crippen molar-refractivity contribution in [3.8, 4) is 61.8 Å². The van der Waals surface area contributed by atoms with Crippen molar-refractivity contribution in [2.75, 3.05) is 0 Å². The van der Waals surface area contributed by atoms with E-state index in [2.05, 4.69) is 144 Å². The summed E-state index contributed by atoms with van der Waals surface area (Å²) in [6.45, 7) is 15.1. The summed E-state index contributed by atoms with van der Waals surface area (Å²) in [5.41, 5.74) is 13.9. The number of aromatic hydroxyl groups is 1. The largest absolute Gasteiger partial charge is 0.507 e. The van der Waals surface area contributed by atoms with Crippen molar-refractivity contribution in [3.63, 3.8) is 0 Å². The maximum atomic E-state index is 11.7. The molecule has 0 amide bonds. The average Bonchev–Trinajstić information content (AvgIpc) is 3.44. The van der Waals surface area contributed by atoms with E-state index in [9.17, 15) is 5.11 Å². The molecule has 0 saturated carbocycles. The minimum Gasteiger partial charge on any atom is -0.507 e. The Hall–Kier alpha value is -5.55. The number of hydrogen-bond donors (Lipinski definition) is 1. The molecule has 1 N–H and O–H groups in total. The predicted molar refractivity (Wildman–Crippen MR) is 207 cm³/mol. The number of fused-ring (bicyclic) bond motifs is 1. The van der Waals surface area contributed by atoms with Crippen LogP contribution in [0, 0.1) is 6.92 Å². The Bertz CT molecular complexity index is 2360. The topological polar surface area (TPSA) is 63.8 Å². The first kappa shape index (κ1) is 33.0. The lowest BCUT2D eigenvalue weighted by molar-refractivity contribution is 0.446. The molecule has 7 aromatic rings. The Morgan fingerprint density at radius 2 is 1.26 bits per heavy atom. The van der Waals surface area contributed by atoms with Crippen molar-refractivity contribution < 1.29 is 5.11 Å². The number of imidazole rings is 1. The summed E-state index contributed by atoms with van der Waals surface area (Å²) in [5.74, 6) is 0.985. The summed E-state index contributed by atoms with van der Waals surface area (Å²) in [6.07, 6.45) is 5.69. The van der Waals surface area contributed by atoms with E-state index in [1.54, 1.807) is 0 Å². The van der Waals surface area contributed by atoms with E-state index in [1.807, 2.05) is 36.3 Å². The summed E-state index contributed by atoms with van der Waals surface area (Å²) in [4.78, 5) is 14.7. The van der Waals surface area contributed by atoms with Crippen LogP contribution in [0.1, 0.15) is 58.2 Å². The molecule has 0 spiro atoms. The zero-order chi connectivity index (χ0) is 35.4. The second-order valence-corrected chi connectivity index (χ2v) is 15.4. The summed E-state index contributed by atoms with van der Waals surface area (Å²) < 4.78 is 2.04. The SMILES string of the molecule is Cc1cnc(-c2cccc(-c3cncc4c3nc(-c3cc(C(C)(C)C)cc(C(C)(C)C)c3O)n4C)c2)cc1-c1ccc(-c2ccccc2)cc1. The molecule has 4 aromatic carbocycles. The third-order valence-corrected chi connectivity index (χ3v) is 9.70. The molecule has 3 aromatic heterocycles. The number of aryl methyl sites for hydroxylation is 2. The van der Waals surface area contributed by atoms with E-state index >= 15 is 0 Å². The number of phenolic OH excluding ortho intramolecular Hbond substituents is 1. The Morgan fingerprint density at radius 1 is 0.600 bits per heavy atom. The molecule has 5 heteroatoms. The van der Waals surface area contributed by atoms with Gasteiger partial charge in [0.1, 0.15) is 17.1 Å². The van der Waals surface area contributed by atoms with Crippen LogP contribution in [0.15, 0.2) is 116 Å². The van der Waals surface area contributed by atoms with Gasteiger partial charge >= 0.3 is 0 Å². The number of nitrogens with zero attached hydrogens (tertiary/aromatic N) is 4. The van der Waals surface area contributed by atoms with Gasteiger partial charge < -0.3 is 9.67 Å². The quantitative estimate of drug-likeness (QED) is 0.200. The molecule has 7 rings (SSSR count). The summed E-state index contributed by atoms with van der Waals surface area (Å²) in [5, 5.41) is 11.7. The predicted octanol–water partition coefficient (Wildman–Crippen LogP) is 11.3. The fraction of sp³-hybridized carbons (Fsp3) is 0.222. The Balaban J connectivity index is 1.29. The van der Waals surface area contributed by atoms with Crippen LogP contribution in [0.5, 0.6) is 5.75 Å². The van der Waals surface area contributed by atoms with E-state index in [0.29, 0.717) is 5.82 Å². The van der Waals surface area contributed by atoms with Gasteiger partial charge in [0.2, 0.25) is 0 Å². The highest BCUT2D eigenvalue weighted by atomic mass is 16.3. The smallest absolute Gasteiger partial charge is 0.144 e. The van der Waals surface area contributed by atoms with Gasteiger partial charge in [0.05, 0.1) is 23.0 Å². The number of benzene rings is 4. The van der Waals surface area contributed by atoms with Crippen LogP contribution in [0.3, 0.4) is 0 Å². The minimum atomic E-state index is -0.243. The van der Waals surface area contributed by atoms with Crippen LogP contribution in [-0.2, 0) is 17.9 Å². The number of phenols is 1. The molecule has 3 heterocycles. The molecule has 250 valence electrons. The maximum absolute atomic E-state index is 11.7. The second-order valence-electron chi connectivity index (χ2n) is 15.4. The van der Waals surface area contributed by atoms with E-state index in [4.69, 9.17) is 9.97 Å². The van der Waals surface area contributed by atoms with Crippen molar-refractivity contribution in [1.29, 1.82) is 0 Å². The van der Waals surface area contributed by atoms with Gasteiger partial charge in [-0.15, -0.1) is 0 Å². The third kappa shape index (κ3) is 6.09. The molecular weight excluding hydrogens is 613 g/mol. The summed E-state index contributed by atoms with van der Waals surface area (Å²) in [7, 11) is 2.00. The van der Waals surface area contributed by atoms with Gasteiger partial charge in [0.25, 0.3) is 0 Å². The first-order chi connectivity index (χ1) is 23.8. The second kappa shape index (κ2) is 12.4. The highest BCUT2D eigenvalue weighted by Crippen LogP contribution is 2.43. The van der Waals surface area contributed by atoms with E-state index < -0.39 is 0 Å². The molecule has 0 aliphatic carbocycles. The molecular formula is C45H44N4O. The number of rotatable bonds is 5. The monoisotopic (exact) mass is 656 g/mol. The van der Waals surface area contributed by atoms with Crippen molar-refractivity contribution in [2.24, 2.45) is 7.05 Å². The first-order valence-corrected chi connectivity index (χ1v) is 17.2. The standard InChI is InChI=1S/C45H44N4O/c1-28-25-47-39(24-35(28)31-19-17-30(18-20-31)29-13-10-9-11-14-29)33-16-12-15-32(21-33)37-26-46-27-40-41(37)48-43(49(40)8)36-22-34(44(2,3)4)23-38(42(36)50)45(5,6)7/h9-27,50H,1-8H3. The molecule has 0 atom stereocenters. The van der Waals surface area contributed by atoms with Crippen LogP contribution >= 0.6 is 0 Å². The fourth-order valence-corrected chi connectivity index (χ4v) is 6.67. The van der Waals surface area contributed by atoms with Crippen molar-refractivity contribution in [1.82, 2.24) is 19.5 Å². The average molecular weight is 657 g/mol. The van der Waals surface area contributed by atoms with Crippen molar-refractivity contribution in [2.45, 2.75) is 59.3 Å². The molecule has 50 heavy (non-hydrogen) atoms. The summed E-state index contributed by atoms with van der Waals surface area (Å²) in [6, 6.07) is 34.0. The Labute approximate surface area is 295 Å². The zero-order valence-electron chi connectivity index (χ0n) is 30.2. The van der Waals surface area contributed by atoms with Crippen LogP contribution in [-0.4, -0.2) is 24.6 Å². The van der Waals surface area contributed by atoms with Crippen molar-refractivity contribution >= 4 is 11.0 Å². The lowest BCUT2D eigenvalue weighted by Gasteiger charge is -2.27. The molecule has 0 bridgehead atoms. The molecule has 5 nitrogen and oxygen atoms in total. The molecule has 0 saturated heterocycles. The van der Waals surface area contributed by atoms with Gasteiger partial charge in [-0.3, -0.25) is 9.97 Å². The van der Waals surface area contributed by atoms with Gasteiger partial charge in [-0.2, -0.15) is 0 Å². The van der Waals surface area contributed by atoms with Crippen LogP contribution < -0.4 is 0 Å². The minimum absolute atomic E-state index is 0.102. The lowest BCUT2D eigenvalue weighted by Crippen LogP contribution is -2.17. The van der Waals surface area contributed by atoms with Gasteiger partial charge in [0.15, 0.2) is 0 Å². The fourth-order valence-electron chi connectivity index (χ4n) is 6.67. The van der Waals surface area contributed by atoms with E-state index in [-0.39, 0.29) is 16.6 Å². The van der Waals surface area contributed by atoms with Crippen molar-refractivity contribution in [3.05, 3.63) is 132 Å². The normalized spacial score (nSPS) is 12.1. The molecule has 0 radical (unpaired) electrons.